The Morgan fingerprint density at radius 3 is 2.37 bits per heavy atom. The molecule has 0 aliphatic carbocycles. The summed E-state index contributed by atoms with van der Waals surface area (Å²) in [5.41, 5.74) is 1.65. The molecule has 4 nitrogen and oxygen atoms in total. The third-order valence-electron chi connectivity index (χ3n) is 3.97. The van der Waals surface area contributed by atoms with E-state index in [2.05, 4.69) is 5.32 Å². The van der Waals surface area contributed by atoms with Crippen LogP contribution in [0, 0.1) is 0 Å². The summed E-state index contributed by atoms with van der Waals surface area (Å²) in [5.74, 6) is 0.576. The molecule has 27 heavy (non-hydrogen) atoms. The first-order chi connectivity index (χ1) is 12.3. The second kappa shape index (κ2) is 11.1. The molecular formula is C22H29ClNO3-. The molecule has 0 aromatic heterocycles. The summed E-state index contributed by atoms with van der Waals surface area (Å²) in [7, 11) is 0. The molecule has 0 radical (unpaired) electrons. The molecule has 5 heteroatoms. The highest BCUT2D eigenvalue weighted by molar-refractivity contribution is 5.98. The van der Waals surface area contributed by atoms with Crippen molar-refractivity contribution in [3.8, 4) is 5.75 Å². The van der Waals surface area contributed by atoms with Crippen LogP contribution < -0.4 is 22.5 Å². The lowest BCUT2D eigenvalue weighted by atomic mass is 10.0. The molecule has 1 unspecified atom stereocenters. The first-order valence-electron chi connectivity index (χ1n) is 9.07. The zero-order chi connectivity index (χ0) is 19.0. The average Bonchev–Trinajstić information content (AvgIpc) is 2.63. The van der Waals surface area contributed by atoms with Crippen LogP contribution in [0.2, 0.25) is 0 Å². The van der Waals surface area contributed by atoms with Crippen LogP contribution >= 0.6 is 0 Å². The second-order valence-corrected chi connectivity index (χ2v) is 7.50. The Hall–Kier alpha value is -1.88. The Morgan fingerprint density at radius 2 is 1.70 bits per heavy atom. The molecule has 0 bridgehead atoms. The van der Waals surface area contributed by atoms with Gasteiger partial charge in [0.25, 0.3) is 0 Å². The number of benzene rings is 2. The van der Waals surface area contributed by atoms with E-state index >= 15 is 0 Å². The van der Waals surface area contributed by atoms with Crippen LogP contribution in [-0.2, 0) is 6.42 Å². The van der Waals surface area contributed by atoms with Crippen molar-refractivity contribution in [2.24, 2.45) is 0 Å². The van der Waals surface area contributed by atoms with Gasteiger partial charge in [-0.15, -0.1) is 0 Å². The Morgan fingerprint density at radius 1 is 1.07 bits per heavy atom. The number of Topliss-reactive ketones (excluding diaryl/α,β-unsaturated/α-hetero) is 1. The number of aliphatic hydroxyl groups is 1. The van der Waals surface area contributed by atoms with Crippen LogP contribution in [-0.4, -0.2) is 35.7 Å². The maximum atomic E-state index is 12.6. The monoisotopic (exact) mass is 390 g/mol. The average molecular weight is 391 g/mol. The van der Waals surface area contributed by atoms with E-state index in [4.69, 9.17) is 4.74 Å². The zero-order valence-electron chi connectivity index (χ0n) is 16.2. The van der Waals surface area contributed by atoms with Crippen LogP contribution in [0.1, 0.15) is 43.1 Å². The molecule has 148 valence electrons. The summed E-state index contributed by atoms with van der Waals surface area (Å²) >= 11 is 0. The van der Waals surface area contributed by atoms with Gasteiger partial charge in [-0.05, 0) is 44.9 Å². The number of carbonyl (C=O) groups excluding carboxylic acids is 1. The van der Waals surface area contributed by atoms with Crippen LogP contribution in [0.5, 0.6) is 5.75 Å². The number of rotatable bonds is 9. The summed E-state index contributed by atoms with van der Waals surface area (Å²) in [5, 5.41) is 13.3. The summed E-state index contributed by atoms with van der Waals surface area (Å²) in [6.45, 7) is 6.71. The van der Waals surface area contributed by atoms with E-state index in [0.29, 0.717) is 30.7 Å². The topological polar surface area (TPSA) is 58.6 Å². The number of carbonyl (C=O) groups is 1. The number of ether oxygens (including phenoxy) is 1. The fraction of sp³-hybridized carbons (Fsp3) is 0.409. The van der Waals surface area contributed by atoms with Crippen LogP contribution in [0.25, 0.3) is 0 Å². The molecule has 1 atom stereocenters. The number of hydrogen-bond acceptors (Lipinski definition) is 4. The standard InChI is InChI=1S/C22H29NO3.ClH/c1-22(2,3)23-15-18(24)16-26-21-12-8-7-11-19(21)20(25)14-13-17-9-5-4-6-10-17;/h4-12,18,23-24H,13-16H2,1-3H3;1H/p-1. The van der Waals surface area contributed by atoms with E-state index in [1.807, 2.05) is 63.2 Å². The van der Waals surface area contributed by atoms with Crippen molar-refractivity contribution in [2.45, 2.75) is 45.3 Å². The molecule has 2 N–H and O–H groups in total. The number of ketones is 1. The van der Waals surface area contributed by atoms with Crippen molar-refractivity contribution in [1.29, 1.82) is 0 Å². The highest BCUT2D eigenvalue weighted by Gasteiger charge is 2.15. The van der Waals surface area contributed by atoms with Gasteiger partial charge in [0, 0.05) is 18.5 Å². The van der Waals surface area contributed by atoms with Crippen LogP contribution in [0.4, 0.5) is 0 Å². The normalized spacial score (nSPS) is 12.1. The molecule has 0 aliphatic rings. The molecule has 2 aromatic rings. The lowest BCUT2D eigenvalue weighted by molar-refractivity contribution is -0.0000155. The van der Waals surface area contributed by atoms with Crippen molar-refractivity contribution in [1.82, 2.24) is 5.32 Å². The maximum Gasteiger partial charge on any atom is 0.166 e. The van der Waals surface area contributed by atoms with E-state index < -0.39 is 6.10 Å². The molecular weight excluding hydrogens is 362 g/mol. The molecule has 0 aliphatic heterocycles. The largest absolute Gasteiger partial charge is 1.00 e. The third kappa shape index (κ3) is 8.57. The van der Waals surface area contributed by atoms with E-state index in [9.17, 15) is 9.90 Å². The minimum absolute atomic E-state index is 0. The SMILES string of the molecule is CC(C)(C)NCC(O)COc1ccccc1C(=O)CCc1ccccc1.[Cl-]. The van der Waals surface area contributed by atoms with Gasteiger partial charge >= 0.3 is 0 Å². The number of β-amino-alcohol motifs (C(OH)–C–C–N with tert-alkyl or cyclic N) is 1. The quantitative estimate of drug-likeness (QED) is 0.617. The fourth-order valence-corrected chi connectivity index (χ4v) is 2.53. The molecule has 2 rings (SSSR count). The summed E-state index contributed by atoms with van der Waals surface area (Å²) in [6, 6.07) is 17.2. The molecule has 0 heterocycles. The maximum absolute atomic E-state index is 12.6. The van der Waals surface area contributed by atoms with Crippen molar-refractivity contribution < 1.29 is 27.0 Å². The van der Waals surface area contributed by atoms with Gasteiger partial charge in [-0.25, -0.2) is 0 Å². The van der Waals surface area contributed by atoms with Crippen molar-refractivity contribution >= 4 is 5.78 Å². The van der Waals surface area contributed by atoms with Crippen LogP contribution in [0.15, 0.2) is 54.6 Å². The molecule has 0 saturated carbocycles. The molecule has 0 fully saturated rings. The zero-order valence-corrected chi connectivity index (χ0v) is 17.0. The van der Waals surface area contributed by atoms with Gasteiger partial charge in [0.15, 0.2) is 5.78 Å². The first kappa shape index (κ1) is 23.2. The van der Waals surface area contributed by atoms with Crippen molar-refractivity contribution in [2.75, 3.05) is 13.2 Å². The minimum atomic E-state index is -0.637. The van der Waals surface area contributed by atoms with Gasteiger partial charge in [-0.2, -0.15) is 0 Å². The van der Waals surface area contributed by atoms with Gasteiger partial charge in [-0.1, -0.05) is 42.5 Å². The summed E-state index contributed by atoms with van der Waals surface area (Å²) < 4.78 is 5.73. The first-order valence-corrected chi connectivity index (χ1v) is 9.07. The predicted octanol–water partition coefficient (Wildman–Crippen LogP) is 0.634. The van der Waals surface area contributed by atoms with Crippen molar-refractivity contribution in [3.05, 3.63) is 65.7 Å². The second-order valence-electron chi connectivity index (χ2n) is 7.50. The fourth-order valence-electron chi connectivity index (χ4n) is 2.53. The molecule has 0 amide bonds. The molecule has 0 saturated heterocycles. The van der Waals surface area contributed by atoms with Gasteiger partial charge in [0.05, 0.1) is 5.56 Å². The third-order valence-corrected chi connectivity index (χ3v) is 3.97. The van der Waals surface area contributed by atoms with E-state index in [0.717, 1.165) is 5.56 Å². The van der Waals surface area contributed by atoms with Crippen LogP contribution in [0.3, 0.4) is 0 Å². The van der Waals surface area contributed by atoms with E-state index in [-0.39, 0.29) is 30.3 Å². The highest BCUT2D eigenvalue weighted by atomic mass is 35.5. The number of hydrogen-bond donors (Lipinski definition) is 2. The smallest absolute Gasteiger partial charge is 0.166 e. The Kier molecular flexibility index (Phi) is 9.50. The minimum Gasteiger partial charge on any atom is -1.00 e. The van der Waals surface area contributed by atoms with E-state index in [1.54, 1.807) is 12.1 Å². The highest BCUT2D eigenvalue weighted by Crippen LogP contribution is 2.21. The van der Waals surface area contributed by atoms with E-state index in [1.165, 1.54) is 0 Å². The molecule has 2 aromatic carbocycles. The van der Waals surface area contributed by atoms with Gasteiger partial charge in [-0.3, -0.25) is 4.79 Å². The Balaban J connectivity index is 0.00000364. The summed E-state index contributed by atoms with van der Waals surface area (Å²) in [6.07, 6.45) is 0.492. The lowest BCUT2D eigenvalue weighted by Gasteiger charge is -2.23. The Labute approximate surface area is 168 Å². The van der Waals surface area contributed by atoms with Gasteiger partial charge in [0.1, 0.15) is 18.5 Å². The number of nitrogens with one attached hydrogen (secondary N) is 1. The summed E-state index contributed by atoms with van der Waals surface area (Å²) in [4.78, 5) is 12.6. The van der Waals surface area contributed by atoms with Crippen molar-refractivity contribution in [3.63, 3.8) is 0 Å². The predicted molar refractivity (Wildman–Crippen MR) is 105 cm³/mol. The molecule has 0 spiro atoms. The lowest BCUT2D eigenvalue weighted by Crippen LogP contribution is -3.00. The number of aryl methyl sites for hydroxylation is 1. The van der Waals surface area contributed by atoms with Gasteiger partial charge in [0.2, 0.25) is 0 Å². The van der Waals surface area contributed by atoms with Gasteiger partial charge < -0.3 is 27.6 Å². The number of aliphatic hydroxyl groups excluding tert-OH is 1. The number of halogens is 1. The number of para-hydroxylation sites is 1. The Bertz CT molecular complexity index is 698.